The average Bonchev–Trinajstić information content (AvgIpc) is 2.98. The van der Waals surface area contributed by atoms with Crippen LogP contribution in [0.5, 0.6) is 0 Å². The Kier molecular flexibility index (Phi) is 3.87. The van der Waals surface area contributed by atoms with Crippen LogP contribution in [0.4, 0.5) is 35.1 Å². The zero-order valence-electron chi connectivity index (χ0n) is 11.7. The number of carbonyl (C=O) groups is 1. The van der Waals surface area contributed by atoms with Gasteiger partial charge in [-0.15, -0.1) is 0 Å². The zero-order valence-corrected chi connectivity index (χ0v) is 11.7. The minimum atomic E-state index is -5.18. The lowest BCUT2D eigenvalue weighted by atomic mass is 9.90. The van der Waals surface area contributed by atoms with Crippen LogP contribution in [-0.4, -0.2) is 40.3 Å². The Balaban J connectivity index is 2.11. The number of hydrogen-bond donors (Lipinski definition) is 0. The molecule has 3 rings (SSSR count). The van der Waals surface area contributed by atoms with Crippen molar-refractivity contribution in [1.82, 2.24) is 9.78 Å². The third-order valence-electron chi connectivity index (χ3n) is 4.26. The van der Waals surface area contributed by atoms with Gasteiger partial charge in [0.25, 0.3) is 0 Å². The van der Waals surface area contributed by atoms with E-state index < -0.39 is 78.7 Å². The molecule has 0 radical (unpaired) electrons. The Bertz CT molecular complexity index is 660. The molecule has 0 aromatic carbocycles. The maximum absolute atomic E-state index is 14.0. The van der Waals surface area contributed by atoms with Gasteiger partial charge in [0.15, 0.2) is 24.2 Å². The first-order chi connectivity index (χ1) is 11.0. The highest BCUT2D eigenvalue weighted by Gasteiger charge is 2.53. The van der Waals surface area contributed by atoms with Crippen LogP contribution >= 0.6 is 0 Å². The highest BCUT2D eigenvalue weighted by molar-refractivity contribution is 6.05. The van der Waals surface area contributed by atoms with Crippen molar-refractivity contribution in [2.75, 3.05) is 0 Å². The molecule has 1 saturated carbocycles. The van der Waals surface area contributed by atoms with E-state index in [1.807, 2.05) is 0 Å². The van der Waals surface area contributed by atoms with Crippen molar-refractivity contribution in [3.8, 4) is 0 Å². The summed E-state index contributed by atoms with van der Waals surface area (Å²) in [7, 11) is 0. The van der Waals surface area contributed by atoms with Crippen LogP contribution in [0.25, 0.3) is 0 Å². The summed E-state index contributed by atoms with van der Waals surface area (Å²) < 4.78 is 107. The summed E-state index contributed by atoms with van der Waals surface area (Å²) in [6, 6.07) is -1.46. The van der Waals surface area contributed by atoms with E-state index in [1.165, 1.54) is 0 Å². The van der Waals surface area contributed by atoms with Gasteiger partial charge in [0.2, 0.25) is 5.78 Å². The van der Waals surface area contributed by atoms with Gasteiger partial charge in [0.05, 0.1) is 17.3 Å². The van der Waals surface area contributed by atoms with E-state index in [9.17, 15) is 39.9 Å². The minimum Gasteiger partial charge on any atom is -0.291 e. The predicted molar refractivity (Wildman–Crippen MR) is 63.3 cm³/mol. The first kappa shape index (κ1) is 17.2. The molecule has 0 N–H and O–H groups in total. The van der Waals surface area contributed by atoms with Crippen LogP contribution in [0.1, 0.15) is 46.8 Å². The van der Waals surface area contributed by atoms with Crippen LogP contribution in [-0.2, 0) is 6.18 Å². The lowest BCUT2D eigenvalue weighted by molar-refractivity contribution is -0.142. The number of aromatic nitrogens is 2. The molecule has 0 saturated heterocycles. The van der Waals surface area contributed by atoms with E-state index in [1.54, 1.807) is 0 Å². The van der Waals surface area contributed by atoms with Crippen molar-refractivity contribution < 1.29 is 39.9 Å². The van der Waals surface area contributed by atoms with Crippen LogP contribution < -0.4 is 0 Å². The highest BCUT2D eigenvalue weighted by Crippen LogP contribution is 2.46. The normalized spacial score (nSPS) is 36.9. The van der Waals surface area contributed by atoms with Gasteiger partial charge in [-0.25, -0.2) is 22.0 Å². The fraction of sp³-hybridized carbons (Fsp3) is 0.692. The van der Waals surface area contributed by atoms with Gasteiger partial charge in [0, 0.05) is 12.8 Å². The standard InChI is InChI=1S/C13H10F8N2O/c14-4-1-3(2-5(15)7(4)16)23-10-6(11(24)9(18)8(10)17)12(22-23)13(19,20)21/h3-5,7-9H,1-2H2/t3-,4-,5+,7-,8-,9+/m0/s1. The molecule has 0 bridgehead atoms. The first-order valence-corrected chi connectivity index (χ1v) is 6.98. The molecule has 2 aliphatic carbocycles. The molecule has 1 fully saturated rings. The lowest BCUT2D eigenvalue weighted by Crippen LogP contribution is -2.38. The second kappa shape index (κ2) is 5.41. The molecule has 134 valence electrons. The third kappa shape index (κ3) is 2.39. The van der Waals surface area contributed by atoms with E-state index in [-0.39, 0.29) is 0 Å². The Morgan fingerprint density at radius 3 is 2.00 bits per heavy atom. The summed E-state index contributed by atoms with van der Waals surface area (Å²) in [6.07, 6.45) is -19.4. The van der Waals surface area contributed by atoms with Crippen LogP contribution in [0.2, 0.25) is 0 Å². The summed E-state index contributed by atoms with van der Waals surface area (Å²) in [5.41, 5.74) is -4.07. The maximum Gasteiger partial charge on any atom is 0.435 e. The van der Waals surface area contributed by atoms with E-state index >= 15 is 0 Å². The number of ketones is 1. The molecule has 6 atom stereocenters. The van der Waals surface area contributed by atoms with E-state index in [0.717, 1.165) is 0 Å². The van der Waals surface area contributed by atoms with Crippen LogP contribution in [0.3, 0.4) is 0 Å². The topological polar surface area (TPSA) is 34.9 Å². The van der Waals surface area contributed by atoms with Gasteiger partial charge in [0.1, 0.15) is 12.3 Å². The van der Waals surface area contributed by atoms with Gasteiger partial charge in [-0.3, -0.25) is 9.48 Å². The molecule has 0 amide bonds. The number of fused-ring (bicyclic) bond motifs is 1. The summed E-state index contributed by atoms with van der Waals surface area (Å²) >= 11 is 0. The molecule has 3 nitrogen and oxygen atoms in total. The summed E-state index contributed by atoms with van der Waals surface area (Å²) in [4.78, 5) is 11.6. The molecule has 0 unspecified atom stereocenters. The first-order valence-electron chi connectivity index (χ1n) is 6.98. The average molecular weight is 362 g/mol. The van der Waals surface area contributed by atoms with Gasteiger partial charge in [-0.1, -0.05) is 0 Å². The third-order valence-corrected chi connectivity index (χ3v) is 4.26. The van der Waals surface area contributed by atoms with E-state index in [0.29, 0.717) is 4.68 Å². The summed E-state index contributed by atoms with van der Waals surface area (Å²) in [5.74, 6) is -1.72. The van der Waals surface area contributed by atoms with E-state index in [4.69, 9.17) is 0 Å². The van der Waals surface area contributed by atoms with Crippen molar-refractivity contribution in [2.24, 2.45) is 0 Å². The quantitative estimate of drug-likeness (QED) is 0.713. The summed E-state index contributed by atoms with van der Waals surface area (Å²) in [6.45, 7) is 0. The Morgan fingerprint density at radius 2 is 1.50 bits per heavy atom. The van der Waals surface area contributed by atoms with Crippen molar-refractivity contribution in [2.45, 2.75) is 55.9 Å². The number of alkyl halides is 8. The van der Waals surface area contributed by atoms with Crippen molar-refractivity contribution in [3.05, 3.63) is 17.0 Å². The van der Waals surface area contributed by atoms with Crippen LogP contribution in [0, 0.1) is 0 Å². The molecule has 1 aromatic rings. The van der Waals surface area contributed by atoms with Gasteiger partial charge >= 0.3 is 6.18 Å². The number of Topliss-reactive ketones (excluding diaryl/α,β-unsaturated/α-hetero) is 1. The van der Waals surface area contributed by atoms with Crippen molar-refractivity contribution >= 4 is 5.78 Å². The zero-order chi connectivity index (χ0) is 18.0. The van der Waals surface area contributed by atoms with E-state index in [2.05, 4.69) is 5.10 Å². The second-order valence-electron chi connectivity index (χ2n) is 5.82. The van der Waals surface area contributed by atoms with Crippen molar-refractivity contribution in [1.29, 1.82) is 0 Å². The predicted octanol–water partition coefficient (Wildman–Crippen LogP) is 3.80. The fourth-order valence-corrected chi connectivity index (χ4v) is 3.14. The molecule has 0 spiro atoms. The largest absolute Gasteiger partial charge is 0.435 e. The molecule has 0 aliphatic heterocycles. The lowest BCUT2D eigenvalue weighted by Gasteiger charge is -2.31. The number of carbonyl (C=O) groups excluding carboxylic acids is 1. The molecule has 24 heavy (non-hydrogen) atoms. The van der Waals surface area contributed by atoms with Gasteiger partial charge in [-0.05, 0) is 0 Å². The number of halogens is 8. The highest BCUT2D eigenvalue weighted by atomic mass is 19.4. The molecule has 1 aromatic heterocycles. The number of rotatable bonds is 1. The number of nitrogens with zero attached hydrogens (tertiary/aromatic N) is 2. The Labute approximate surface area is 129 Å². The minimum absolute atomic E-state index is 0.297. The number of hydrogen-bond acceptors (Lipinski definition) is 2. The fourth-order valence-electron chi connectivity index (χ4n) is 3.14. The molecular formula is C13H10F8N2O. The van der Waals surface area contributed by atoms with Crippen LogP contribution in [0.15, 0.2) is 0 Å². The summed E-state index contributed by atoms with van der Waals surface area (Å²) in [5, 5.41) is 3.06. The van der Waals surface area contributed by atoms with Gasteiger partial charge in [-0.2, -0.15) is 18.3 Å². The Hall–Kier alpha value is -1.68. The molecular weight excluding hydrogens is 352 g/mol. The molecule has 1 heterocycles. The SMILES string of the molecule is O=C1c2c(C(F)(F)F)nn([C@@H]3C[C@@H](F)[C@@H](F)[C@@H](F)C3)c2[C@@H](F)[C@H]1F. The molecule has 2 aliphatic rings. The second-order valence-corrected chi connectivity index (χ2v) is 5.82. The van der Waals surface area contributed by atoms with Gasteiger partial charge < -0.3 is 0 Å². The monoisotopic (exact) mass is 362 g/mol. The Morgan fingerprint density at radius 1 is 0.958 bits per heavy atom. The molecule has 11 heteroatoms. The smallest absolute Gasteiger partial charge is 0.291 e. The maximum atomic E-state index is 14.0. The van der Waals surface area contributed by atoms with Crippen molar-refractivity contribution in [3.63, 3.8) is 0 Å².